The fraction of sp³-hybridized carbons (Fsp3) is 0.158. The maximum atomic E-state index is 12.1. The van der Waals surface area contributed by atoms with Gasteiger partial charge in [-0.3, -0.25) is 14.9 Å². The van der Waals surface area contributed by atoms with Crippen LogP contribution in [0.4, 0.5) is 10.8 Å². The van der Waals surface area contributed by atoms with Gasteiger partial charge in [-0.05, 0) is 25.1 Å². The van der Waals surface area contributed by atoms with Crippen LogP contribution >= 0.6 is 11.3 Å². The number of carbonyl (C=O) groups excluding carboxylic acids is 2. The number of nitrogens with one attached hydrogen (secondary N) is 1. The van der Waals surface area contributed by atoms with Gasteiger partial charge in [0.15, 0.2) is 11.7 Å². The summed E-state index contributed by atoms with van der Waals surface area (Å²) < 4.78 is 5.48. The number of thiazole rings is 1. The molecule has 2 heterocycles. The topological polar surface area (TPSA) is 109 Å². The number of aliphatic carboxylic acids is 1. The van der Waals surface area contributed by atoms with Gasteiger partial charge in [0.05, 0.1) is 11.4 Å². The van der Waals surface area contributed by atoms with Gasteiger partial charge in [0.1, 0.15) is 5.75 Å². The fourth-order valence-electron chi connectivity index (χ4n) is 2.69. The number of carboxylic acids is 1. The lowest BCUT2D eigenvalue weighted by Crippen LogP contribution is -2.38. The quantitative estimate of drug-likeness (QED) is 0.571. The van der Waals surface area contributed by atoms with Gasteiger partial charge in [-0.25, -0.2) is 9.78 Å². The highest BCUT2D eigenvalue weighted by Gasteiger charge is 2.25. The lowest BCUT2D eigenvalue weighted by Gasteiger charge is -2.28. The van der Waals surface area contributed by atoms with E-state index in [0.29, 0.717) is 28.8 Å². The Morgan fingerprint density at radius 2 is 2.21 bits per heavy atom. The molecule has 3 rings (SSSR count). The van der Waals surface area contributed by atoms with Crippen LogP contribution in [0.2, 0.25) is 0 Å². The van der Waals surface area contributed by atoms with Gasteiger partial charge in [0.25, 0.3) is 5.91 Å². The number of hydrogen-bond acceptors (Lipinski definition) is 6. The van der Waals surface area contributed by atoms with Crippen LogP contribution < -0.4 is 15.0 Å². The summed E-state index contributed by atoms with van der Waals surface area (Å²) in [4.78, 5) is 41.3. The second-order valence-corrected chi connectivity index (χ2v) is 7.05. The number of hydrogen-bond donors (Lipinski definition) is 2. The molecular formula is C19H17N3O5S. The molecule has 9 heteroatoms. The van der Waals surface area contributed by atoms with Gasteiger partial charge in [0, 0.05) is 29.1 Å². The largest absolute Gasteiger partial charge is 0.482 e. The first-order chi connectivity index (χ1) is 13.4. The minimum absolute atomic E-state index is 0.0179. The van der Waals surface area contributed by atoms with Crippen LogP contribution in [0.3, 0.4) is 0 Å². The standard InChI is InChI=1S/C19H17N3O5S/c1-3-8-22-13-9-12(4-5-14(13)27-10-16(22)24)18-11(2)28-19(21-18)20-15(23)6-7-17(25)26/h3-7,9H,1,8,10H2,2H3,(H,25,26)(H,20,21,23)/b7-6+. The summed E-state index contributed by atoms with van der Waals surface area (Å²) in [5, 5.41) is 11.5. The van der Waals surface area contributed by atoms with E-state index in [0.717, 1.165) is 22.6 Å². The smallest absolute Gasteiger partial charge is 0.328 e. The number of aryl methyl sites for hydroxylation is 1. The highest BCUT2D eigenvalue weighted by molar-refractivity contribution is 7.16. The third-order valence-electron chi connectivity index (χ3n) is 3.89. The maximum Gasteiger partial charge on any atom is 0.328 e. The van der Waals surface area contributed by atoms with Crippen molar-refractivity contribution in [2.45, 2.75) is 6.92 Å². The van der Waals surface area contributed by atoms with Gasteiger partial charge in [-0.1, -0.05) is 6.08 Å². The first kappa shape index (κ1) is 19.3. The first-order valence-electron chi connectivity index (χ1n) is 8.27. The summed E-state index contributed by atoms with van der Waals surface area (Å²) in [6.45, 7) is 5.89. The highest BCUT2D eigenvalue weighted by atomic mass is 32.1. The Morgan fingerprint density at radius 3 is 2.93 bits per heavy atom. The third kappa shape index (κ3) is 4.09. The molecule has 8 nitrogen and oxygen atoms in total. The molecule has 0 saturated heterocycles. The fourth-order valence-corrected chi connectivity index (χ4v) is 3.53. The molecule has 2 amide bonds. The van der Waals surface area contributed by atoms with Crippen molar-refractivity contribution in [3.8, 4) is 17.0 Å². The molecule has 0 aliphatic carbocycles. The zero-order valence-electron chi connectivity index (χ0n) is 15.0. The van der Waals surface area contributed by atoms with Crippen molar-refractivity contribution in [3.63, 3.8) is 0 Å². The highest BCUT2D eigenvalue weighted by Crippen LogP contribution is 2.38. The molecule has 0 spiro atoms. The summed E-state index contributed by atoms with van der Waals surface area (Å²) in [6, 6.07) is 5.42. The molecule has 0 radical (unpaired) electrons. The number of nitrogens with zero attached hydrogens (tertiary/aromatic N) is 2. The zero-order valence-corrected chi connectivity index (χ0v) is 15.8. The van der Waals surface area contributed by atoms with Crippen molar-refractivity contribution in [2.75, 3.05) is 23.4 Å². The molecule has 28 heavy (non-hydrogen) atoms. The van der Waals surface area contributed by atoms with E-state index in [9.17, 15) is 14.4 Å². The lowest BCUT2D eigenvalue weighted by atomic mass is 10.1. The first-order valence-corrected chi connectivity index (χ1v) is 9.08. The Bertz CT molecular complexity index is 995. The Labute approximate surface area is 164 Å². The molecule has 0 bridgehead atoms. The molecule has 0 unspecified atom stereocenters. The van der Waals surface area contributed by atoms with E-state index in [4.69, 9.17) is 9.84 Å². The number of ether oxygens (including phenoxy) is 1. The van der Waals surface area contributed by atoms with Crippen LogP contribution in [-0.2, 0) is 14.4 Å². The van der Waals surface area contributed by atoms with Crippen molar-refractivity contribution in [2.24, 2.45) is 0 Å². The van der Waals surface area contributed by atoms with Crippen molar-refractivity contribution in [3.05, 3.63) is 47.9 Å². The molecule has 2 aromatic rings. The van der Waals surface area contributed by atoms with E-state index >= 15 is 0 Å². The van der Waals surface area contributed by atoms with Gasteiger partial charge in [-0.15, -0.1) is 17.9 Å². The summed E-state index contributed by atoms with van der Waals surface area (Å²) in [5.74, 6) is -1.34. The van der Waals surface area contributed by atoms with Crippen LogP contribution in [0.1, 0.15) is 4.88 Å². The van der Waals surface area contributed by atoms with Crippen molar-refractivity contribution in [1.82, 2.24) is 4.98 Å². The normalized spacial score (nSPS) is 13.2. The van der Waals surface area contributed by atoms with E-state index in [1.54, 1.807) is 17.0 Å². The Hall–Kier alpha value is -3.46. The van der Waals surface area contributed by atoms with E-state index in [2.05, 4.69) is 16.9 Å². The summed E-state index contributed by atoms with van der Waals surface area (Å²) >= 11 is 1.27. The van der Waals surface area contributed by atoms with E-state index in [1.807, 2.05) is 19.1 Å². The van der Waals surface area contributed by atoms with Crippen LogP contribution in [0, 0.1) is 6.92 Å². The Balaban J connectivity index is 1.89. The monoisotopic (exact) mass is 399 g/mol. The number of carbonyl (C=O) groups is 3. The number of aromatic nitrogens is 1. The number of amides is 2. The molecule has 2 N–H and O–H groups in total. The maximum absolute atomic E-state index is 12.1. The van der Waals surface area contributed by atoms with Crippen LogP contribution in [0.15, 0.2) is 43.0 Å². The number of benzene rings is 1. The van der Waals surface area contributed by atoms with E-state index in [1.165, 1.54) is 11.3 Å². The Kier molecular flexibility index (Phi) is 5.55. The van der Waals surface area contributed by atoms with Crippen molar-refractivity contribution < 1.29 is 24.2 Å². The SMILES string of the molecule is C=CCN1C(=O)COc2ccc(-c3nc(NC(=O)/C=C/C(=O)O)sc3C)cc21. The minimum Gasteiger partial charge on any atom is -0.482 e. The average Bonchev–Trinajstić information content (AvgIpc) is 3.02. The number of carboxylic acid groups (broad SMARTS) is 1. The molecule has 0 saturated carbocycles. The number of fused-ring (bicyclic) bond motifs is 1. The zero-order chi connectivity index (χ0) is 20.3. The lowest BCUT2D eigenvalue weighted by molar-refractivity contribution is -0.131. The summed E-state index contributed by atoms with van der Waals surface area (Å²) in [6.07, 6.45) is 3.32. The summed E-state index contributed by atoms with van der Waals surface area (Å²) in [7, 11) is 0. The molecule has 1 aliphatic rings. The van der Waals surface area contributed by atoms with Crippen LogP contribution in [-0.4, -0.2) is 41.0 Å². The second-order valence-electron chi connectivity index (χ2n) is 5.85. The minimum atomic E-state index is -1.21. The van der Waals surface area contributed by atoms with Gasteiger partial charge >= 0.3 is 5.97 Å². The number of rotatable bonds is 6. The molecule has 1 aromatic heterocycles. The summed E-state index contributed by atoms with van der Waals surface area (Å²) in [5.41, 5.74) is 2.05. The predicted molar refractivity (Wildman–Crippen MR) is 106 cm³/mol. The molecule has 0 fully saturated rings. The molecule has 1 aromatic carbocycles. The number of anilines is 2. The third-order valence-corrected chi connectivity index (χ3v) is 4.78. The predicted octanol–water partition coefficient (Wildman–Crippen LogP) is 2.61. The molecule has 1 aliphatic heterocycles. The van der Waals surface area contributed by atoms with Gasteiger partial charge in [0.2, 0.25) is 5.91 Å². The van der Waals surface area contributed by atoms with E-state index in [-0.39, 0.29) is 12.5 Å². The molecule has 144 valence electrons. The van der Waals surface area contributed by atoms with Crippen molar-refractivity contribution >= 4 is 39.9 Å². The van der Waals surface area contributed by atoms with Gasteiger partial charge in [-0.2, -0.15) is 0 Å². The Morgan fingerprint density at radius 1 is 1.43 bits per heavy atom. The molecular weight excluding hydrogens is 382 g/mol. The van der Waals surface area contributed by atoms with Crippen molar-refractivity contribution in [1.29, 1.82) is 0 Å². The van der Waals surface area contributed by atoms with Gasteiger partial charge < -0.3 is 14.7 Å². The van der Waals surface area contributed by atoms with E-state index < -0.39 is 11.9 Å². The van der Waals surface area contributed by atoms with Crippen LogP contribution in [0.5, 0.6) is 5.75 Å². The average molecular weight is 399 g/mol. The molecule has 0 atom stereocenters. The second kappa shape index (κ2) is 8.05. The van der Waals surface area contributed by atoms with Crippen LogP contribution in [0.25, 0.3) is 11.3 Å².